The van der Waals surface area contributed by atoms with Gasteiger partial charge in [-0.25, -0.2) is 0 Å². The van der Waals surface area contributed by atoms with Gasteiger partial charge < -0.3 is 14.8 Å². The molecule has 1 aromatic carbocycles. The first-order valence-electron chi connectivity index (χ1n) is 8.84. The van der Waals surface area contributed by atoms with Crippen LogP contribution in [0.3, 0.4) is 0 Å². The molecule has 1 fully saturated rings. The first kappa shape index (κ1) is 18.7. The zero-order valence-corrected chi connectivity index (χ0v) is 16.4. The summed E-state index contributed by atoms with van der Waals surface area (Å²) >= 11 is 6.08. The van der Waals surface area contributed by atoms with Gasteiger partial charge in [-0.1, -0.05) is 23.7 Å². The highest BCUT2D eigenvalue weighted by Gasteiger charge is 2.20. The average molecular weight is 376 g/mol. The summed E-state index contributed by atoms with van der Waals surface area (Å²) in [7, 11) is 3.80. The molecule has 0 atom stereocenters. The molecule has 0 unspecified atom stereocenters. The Bertz CT molecular complexity index is 763. The van der Waals surface area contributed by atoms with Crippen LogP contribution in [0.4, 0.5) is 0 Å². The lowest BCUT2D eigenvalue weighted by molar-refractivity contribution is 0.172. The number of guanidine groups is 1. The summed E-state index contributed by atoms with van der Waals surface area (Å²) in [6.45, 7) is 7.37. The molecule has 1 aliphatic heterocycles. The molecular formula is C18H26ClN7. The number of aryl methyl sites for hydroxylation is 1. The molecule has 1 aromatic heterocycles. The third-order valence-corrected chi connectivity index (χ3v) is 5.00. The Morgan fingerprint density at radius 1 is 1.23 bits per heavy atom. The topological polar surface area (TPSA) is 61.6 Å². The number of aliphatic imine (C=N–C) groups is 1. The summed E-state index contributed by atoms with van der Waals surface area (Å²) in [6.07, 6.45) is 0. The molecule has 0 amide bonds. The lowest BCUT2D eigenvalue weighted by Gasteiger charge is -2.36. The Labute approximate surface area is 159 Å². The van der Waals surface area contributed by atoms with E-state index in [4.69, 9.17) is 11.6 Å². The van der Waals surface area contributed by atoms with Gasteiger partial charge >= 0.3 is 0 Å². The molecule has 0 aliphatic carbocycles. The van der Waals surface area contributed by atoms with Crippen LogP contribution in [-0.2, 0) is 20.1 Å². The second-order valence-corrected chi connectivity index (χ2v) is 6.95. The molecule has 26 heavy (non-hydrogen) atoms. The molecule has 2 aromatic rings. The van der Waals surface area contributed by atoms with Crippen molar-refractivity contribution < 1.29 is 0 Å². The minimum absolute atomic E-state index is 0.618. The van der Waals surface area contributed by atoms with E-state index in [1.165, 1.54) is 5.56 Å². The molecule has 0 bridgehead atoms. The van der Waals surface area contributed by atoms with Crippen LogP contribution in [0.5, 0.6) is 0 Å². The fourth-order valence-corrected chi connectivity index (χ4v) is 3.32. The number of nitrogens with one attached hydrogen (secondary N) is 1. The fourth-order valence-electron chi connectivity index (χ4n) is 3.11. The minimum atomic E-state index is 0.618. The SMILES string of the molecule is CN=C(NCc1nnc(C)n1C)N1CCN(Cc2cccc(Cl)c2)CC1. The largest absolute Gasteiger partial charge is 0.349 e. The summed E-state index contributed by atoms with van der Waals surface area (Å²) < 4.78 is 1.99. The van der Waals surface area contributed by atoms with Crippen LogP contribution >= 0.6 is 11.6 Å². The zero-order chi connectivity index (χ0) is 18.5. The highest BCUT2D eigenvalue weighted by molar-refractivity contribution is 6.30. The molecule has 0 saturated carbocycles. The van der Waals surface area contributed by atoms with Crippen molar-refractivity contribution >= 4 is 17.6 Å². The van der Waals surface area contributed by atoms with Crippen LogP contribution in [0, 0.1) is 6.92 Å². The molecule has 2 heterocycles. The lowest BCUT2D eigenvalue weighted by atomic mass is 10.2. The maximum absolute atomic E-state index is 6.08. The van der Waals surface area contributed by atoms with Crippen molar-refractivity contribution in [2.75, 3.05) is 33.2 Å². The summed E-state index contributed by atoms with van der Waals surface area (Å²) in [5, 5.41) is 12.5. The zero-order valence-electron chi connectivity index (χ0n) is 15.6. The van der Waals surface area contributed by atoms with E-state index in [2.05, 4.69) is 36.4 Å². The van der Waals surface area contributed by atoms with E-state index in [-0.39, 0.29) is 0 Å². The number of hydrogen-bond donors (Lipinski definition) is 1. The third kappa shape index (κ3) is 4.53. The smallest absolute Gasteiger partial charge is 0.194 e. The minimum Gasteiger partial charge on any atom is -0.349 e. The molecule has 140 valence electrons. The summed E-state index contributed by atoms with van der Waals surface area (Å²) in [6, 6.07) is 8.09. The average Bonchev–Trinajstić information content (AvgIpc) is 2.96. The Hall–Kier alpha value is -2.12. The van der Waals surface area contributed by atoms with Gasteiger partial charge in [-0.2, -0.15) is 0 Å². The molecule has 1 aliphatic rings. The molecule has 7 nitrogen and oxygen atoms in total. The summed E-state index contributed by atoms with van der Waals surface area (Å²) in [5.74, 6) is 2.72. The van der Waals surface area contributed by atoms with Crippen LogP contribution in [0.1, 0.15) is 17.2 Å². The first-order chi connectivity index (χ1) is 12.6. The number of piperazine rings is 1. The Balaban J connectivity index is 1.50. The van der Waals surface area contributed by atoms with E-state index in [1.54, 1.807) is 0 Å². The molecule has 3 rings (SSSR count). The number of hydrogen-bond acceptors (Lipinski definition) is 4. The second kappa shape index (κ2) is 8.51. The monoisotopic (exact) mass is 375 g/mol. The molecule has 8 heteroatoms. The molecule has 1 N–H and O–H groups in total. The van der Waals surface area contributed by atoms with Crippen molar-refractivity contribution in [3.8, 4) is 0 Å². The van der Waals surface area contributed by atoms with E-state index in [0.717, 1.165) is 55.4 Å². The van der Waals surface area contributed by atoms with E-state index >= 15 is 0 Å². The van der Waals surface area contributed by atoms with Gasteiger partial charge in [-0.05, 0) is 24.6 Å². The third-order valence-electron chi connectivity index (χ3n) is 4.77. The predicted octanol–water partition coefficient (Wildman–Crippen LogP) is 1.67. The van der Waals surface area contributed by atoms with Gasteiger partial charge in [0.25, 0.3) is 0 Å². The molecular weight excluding hydrogens is 350 g/mol. The summed E-state index contributed by atoms with van der Waals surface area (Å²) in [5.41, 5.74) is 1.26. The fraction of sp³-hybridized carbons (Fsp3) is 0.500. The van der Waals surface area contributed by atoms with Gasteiger partial charge in [0.1, 0.15) is 5.82 Å². The van der Waals surface area contributed by atoms with Crippen molar-refractivity contribution in [1.82, 2.24) is 29.9 Å². The summed E-state index contributed by atoms with van der Waals surface area (Å²) in [4.78, 5) is 9.16. The first-order valence-corrected chi connectivity index (χ1v) is 9.22. The van der Waals surface area contributed by atoms with Crippen LogP contribution in [0.15, 0.2) is 29.3 Å². The van der Waals surface area contributed by atoms with Crippen molar-refractivity contribution in [1.29, 1.82) is 0 Å². The van der Waals surface area contributed by atoms with Crippen molar-refractivity contribution in [3.63, 3.8) is 0 Å². The normalized spacial score (nSPS) is 16.2. The Morgan fingerprint density at radius 2 is 2.00 bits per heavy atom. The van der Waals surface area contributed by atoms with Gasteiger partial charge in [0.2, 0.25) is 0 Å². The number of halogens is 1. The van der Waals surface area contributed by atoms with Gasteiger partial charge in [0.15, 0.2) is 11.8 Å². The van der Waals surface area contributed by atoms with E-state index < -0.39 is 0 Å². The standard InChI is InChI=1S/C18H26ClN7/c1-14-22-23-17(24(14)3)12-21-18(20-2)26-9-7-25(8-10-26)13-15-5-4-6-16(19)11-15/h4-6,11H,7-10,12-13H2,1-3H3,(H,20,21). The van der Waals surface area contributed by atoms with Gasteiger partial charge in [-0.15, -0.1) is 10.2 Å². The van der Waals surface area contributed by atoms with Crippen LogP contribution in [0.2, 0.25) is 5.02 Å². The Kier molecular flexibility index (Phi) is 6.11. The predicted molar refractivity (Wildman–Crippen MR) is 104 cm³/mol. The second-order valence-electron chi connectivity index (χ2n) is 6.52. The number of nitrogens with zero attached hydrogens (tertiary/aromatic N) is 6. The van der Waals surface area contributed by atoms with Gasteiger partial charge in [0.05, 0.1) is 6.54 Å². The van der Waals surface area contributed by atoms with Gasteiger partial charge in [0, 0.05) is 51.8 Å². The lowest BCUT2D eigenvalue weighted by Crippen LogP contribution is -2.52. The van der Waals surface area contributed by atoms with Crippen LogP contribution < -0.4 is 5.32 Å². The van der Waals surface area contributed by atoms with Crippen molar-refractivity contribution in [3.05, 3.63) is 46.5 Å². The van der Waals surface area contributed by atoms with E-state index in [9.17, 15) is 0 Å². The quantitative estimate of drug-likeness (QED) is 0.650. The maximum Gasteiger partial charge on any atom is 0.194 e. The van der Waals surface area contributed by atoms with Crippen molar-refractivity contribution in [2.45, 2.75) is 20.0 Å². The number of benzene rings is 1. The van der Waals surface area contributed by atoms with Gasteiger partial charge in [-0.3, -0.25) is 9.89 Å². The highest BCUT2D eigenvalue weighted by Crippen LogP contribution is 2.14. The van der Waals surface area contributed by atoms with Crippen LogP contribution in [-0.4, -0.2) is 63.8 Å². The molecule has 1 saturated heterocycles. The molecule has 0 radical (unpaired) electrons. The van der Waals surface area contributed by atoms with E-state index in [1.807, 2.05) is 43.8 Å². The van der Waals surface area contributed by atoms with Crippen molar-refractivity contribution in [2.24, 2.45) is 12.0 Å². The number of aromatic nitrogens is 3. The van der Waals surface area contributed by atoms with E-state index in [0.29, 0.717) is 6.54 Å². The number of rotatable bonds is 4. The maximum atomic E-state index is 6.08. The Morgan fingerprint density at radius 3 is 2.62 bits per heavy atom. The van der Waals surface area contributed by atoms with Crippen LogP contribution in [0.25, 0.3) is 0 Å². The molecule has 0 spiro atoms. The highest BCUT2D eigenvalue weighted by atomic mass is 35.5.